The van der Waals surface area contributed by atoms with Crippen LogP contribution in [0.2, 0.25) is 0 Å². The van der Waals surface area contributed by atoms with Crippen molar-refractivity contribution in [2.24, 2.45) is 7.05 Å². The number of nitrogens with zero attached hydrogens (tertiary/aromatic N) is 4. The van der Waals surface area contributed by atoms with Crippen molar-refractivity contribution in [2.75, 3.05) is 7.05 Å². The summed E-state index contributed by atoms with van der Waals surface area (Å²) in [5, 5.41) is 7.57. The fraction of sp³-hybridized carbons (Fsp3) is 0.364. The van der Waals surface area contributed by atoms with Gasteiger partial charge in [0.05, 0.1) is 23.6 Å². The van der Waals surface area contributed by atoms with Crippen LogP contribution in [-0.2, 0) is 7.05 Å². The Hall–Kier alpha value is -1.75. The molecule has 84 valence electrons. The van der Waals surface area contributed by atoms with Crippen LogP contribution in [-0.4, -0.2) is 26.8 Å². The fourth-order valence-electron chi connectivity index (χ4n) is 1.82. The summed E-state index contributed by atoms with van der Waals surface area (Å²) in [4.78, 5) is 8.40. The Labute approximate surface area is 94.5 Å². The molecule has 0 aliphatic carbocycles. The van der Waals surface area contributed by atoms with Crippen LogP contribution in [0.15, 0.2) is 24.8 Å². The number of aryl methyl sites for hydroxylation is 2. The molecule has 2 aromatic heterocycles. The second-order valence-electron chi connectivity index (χ2n) is 3.70. The molecule has 16 heavy (non-hydrogen) atoms. The second kappa shape index (κ2) is 4.40. The van der Waals surface area contributed by atoms with Crippen molar-refractivity contribution in [1.82, 2.24) is 25.1 Å². The van der Waals surface area contributed by atoms with Crippen molar-refractivity contribution in [3.63, 3.8) is 0 Å². The SMILES string of the molecule is CNC(c1cnccn1)c1cn(C)nc1C. The third kappa shape index (κ3) is 1.94. The molecule has 0 aliphatic heterocycles. The lowest BCUT2D eigenvalue weighted by Crippen LogP contribution is -2.19. The molecule has 0 fully saturated rings. The largest absolute Gasteiger partial charge is 0.308 e. The van der Waals surface area contributed by atoms with Crippen LogP contribution < -0.4 is 5.32 Å². The van der Waals surface area contributed by atoms with Crippen molar-refractivity contribution in [1.29, 1.82) is 0 Å². The van der Waals surface area contributed by atoms with Crippen molar-refractivity contribution in [3.8, 4) is 0 Å². The number of hydrogen-bond acceptors (Lipinski definition) is 4. The first-order valence-corrected chi connectivity index (χ1v) is 5.15. The first-order chi connectivity index (χ1) is 7.72. The summed E-state index contributed by atoms with van der Waals surface area (Å²) >= 11 is 0. The van der Waals surface area contributed by atoms with Crippen molar-refractivity contribution in [3.05, 3.63) is 41.7 Å². The van der Waals surface area contributed by atoms with Gasteiger partial charge in [0.1, 0.15) is 0 Å². The highest BCUT2D eigenvalue weighted by Crippen LogP contribution is 2.21. The zero-order valence-corrected chi connectivity index (χ0v) is 9.68. The van der Waals surface area contributed by atoms with Gasteiger partial charge in [0, 0.05) is 31.2 Å². The molecule has 0 saturated carbocycles. The van der Waals surface area contributed by atoms with E-state index in [1.54, 1.807) is 18.6 Å². The maximum absolute atomic E-state index is 4.33. The highest BCUT2D eigenvalue weighted by atomic mass is 15.3. The first-order valence-electron chi connectivity index (χ1n) is 5.15. The molecule has 1 atom stereocenters. The monoisotopic (exact) mass is 217 g/mol. The molecule has 1 unspecified atom stereocenters. The van der Waals surface area contributed by atoms with Gasteiger partial charge in [-0.25, -0.2) is 0 Å². The van der Waals surface area contributed by atoms with Crippen molar-refractivity contribution >= 4 is 0 Å². The minimum atomic E-state index is 0.0439. The van der Waals surface area contributed by atoms with Gasteiger partial charge in [-0.2, -0.15) is 5.10 Å². The molecule has 5 heteroatoms. The van der Waals surface area contributed by atoms with Crippen LogP contribution in [0.3, 0.4) is 0 Å². The van der Waals surface area contributed by atoms with Crippen LogP contribution in [0.25, 0.3) is 0 Å². The zero-order chi connectivity index (χ0) is 11.5. The molecule has 0 aromatic carbocycles. The molecular weight excluding hydrogens is 202 g/mol. The average Bonchev–Trinajstić information content (AvgIpc) is 2.61. The Morgan fingerprint density at radius 2 is 2.19 bits per heavy atom. The van der Waals surface area contributed by atoms with Gasteiger partial charge in [0.15, 0.2) is 0 Å². The fourth-order valence-corrected chi connectivity index (χ4v) is 1.82. The molecule has 0 aliphatic rings. The van der Waals surface area contributed by atoms with Gasteiger partial charge in [-0.1, -0.05) is 0 Å². The maximum atomic E-state index is 4.33. The van der Waals surface area contributed by atoms with E-state index in [1.807, 2.05) is 31.9 Å². The van der Waals surface area contributed by atoms with E-state index in [0.717, 1.165) is 17.0 Å². The van der Waals surface area contributed by atoms with Gasteiger partial charge >= 0.3 is 0 Å². The molecule has 0 saturated heterocycles. The summed E-state index contributed by atoms with van der Waals surface area (Å²) in [6.07, 6.45) is 7.15. The topological polar surface area (TPSA) is 55.6 Å². The summed E-state index contributed by atoms with van der Waals surface area (Å²) in [5.41, 5.74) is 3.04. The second-order valence-corrected chi connectivity index (χ2v) is 3.70. The Kier molecular flexibility index (Phi) is 2.96. The number of rotatable bonds is 3. The third-order valence-corrected chi connectivity index (χ3v) is 2.53. The Balaban J connectivity index is 2.40. The molecule has 0 amide bonds. The standard InChI is InChI=1S/C11H15N5/c1-8-9(7-16(3)15-8)11(12-2)10-6-13-4-5-14-10/h4-7,11-12H,1-3H3. The molecule has 0 spiro atoms. The number of aromatic nitrogens is 4. The van der Waals surface area contributed by atoms with Gasteiger partial charge in [0.2, 0.25) is 0 Å². The van der Waals surface area contributed by atoms with E-state index in [-0.39, 0.29) is 6.04 Å². The average molecular weight is 217 g/mol. The molecule has 1 N–H and O–H groups in total. The van der Waals surface area contributed by atoms with Crippen molar-refractivity contribution < 1.29 is 0 Å². The number of nitrogens with one attached hydrogen (secondary N) is 1. The van der Waals surface area contributed by atoms with Crippen LogP contribution >= 0.6 is 0 Å². The van der Waals surface area contributed by atoms with Crippen LogP contribution in [0.4, 0.5) is 0 Å². The van der Waals surface area contributed by atoms with E-state index in [1.165, 1.54) is 0 Å². The molecule has 0 radical (unpaired) electrons. The minimum absolute atomic E-state index is 0.0439. The predicted molar refractivity (Wildman–Crippen MR) is 60.9 cm³/mol. The van der Waals surface area contributed by atoms with E-state index >= 15 is 0 Å². The highest BCUT2D eigenvalue weighted by molar-refractivity contribution is 5.27. The van der Waals surface area contributed by atoms with E-state index in [9.17, 15) is 0 Å². The zero-order valence-electron chi connectivity index (χ0n) is 9.68. The maximum Gasteiger partial charge on any atom is 0.0802 e. The normalized spacial score (nSPS) is 12.7. The van der Waals surface area contributed by atoms with Gasteiger partial charge in [-0.15, -0.1) is 0 Å². The molecule has 2 heterocycles. The van der Waals surface area contributed by atoms with Crippen LogP contribution in [0.5, 0.6) is 0 Å². The lowest BCUT2D eigenvalue weighted by molar-refractivity contribution is 0.662. The Bertz CT molecular complexity index is 462. The molecule has 0 bridgehead atoms. The summed E-state index contributed by atoms with van der Waals surface area (Å²) < 4.78 is 1.81. The first kappa shape index (κ1) is 10.8. The number of hydrogen-bond donors (Lipinski definition) is 1. The van der Waals surface area contributed by atoms with Gasteiger partial charge < -0.3 is 5.32 Å². The lowest BCUT2D eigenvalue weighted by Gasteiger charge is -2.14. The summed E-state index contributed by atoms with van der Waals surface area (Å²) in [6, 6.07) is 0.0439. The molecule has 2 rings (SSSR count). The quantitative estimate of drug-likeness (QED) is 0.827. The minimum Gasteiger partial charge on any atom is -0.308 e. The summed E-state index contributed by atoms with van der Waals surface area (Å²) in [6.45, 7) is 2.00. The third-order valence-electron chi connectivity index (χ3n) is 2.53. The van der Waals surface area contributed by atoms with Crippen molar-refractivity contribution in [2.45, 2.75) is 13.0 Å². The Morgan fingerprint density at radius 1 is 1.38 bits per heavy atom. The molecular formula is C11H15N5. The van der Waals surface area contributed by atoms with Crippen LogP contribution in [0, 0.1) is 6.92 Å². The van der Waals surface area contributed by atoms with E-state index in [4.69, 9.17) is 0 Å². The van der Waals surface area contributed by atoms with E-state index in [0.29, 0.717) is 0 Å². The van der Waals surface area contributed by atoms with E-state index in [2.05, 4.69) is 20.4 Å². The summed E-state index contributed by atoms with van der Waals surface area (Å²) in [7, 11) is 3.83. The molecule has 2 aromatic rings. The lowest BCUT2D eigenvalue weighted by atomic mass is 10.1. The predicted octanol–water partition coefficient (Wildman–Crippen LogP) is 0.827. The van der Waals surface area contributed by atoms with E-state index < -0.39 is 0 Å². The summed E-state index contributed by atoms with van der Waals surface area (Å²) in [5.74, 6) is 0. The smallest absolute Gasteiger partial charge is 0.0802 e. The van der Waals surface area contributed by atoms with Gasteiger partial charge in [-0.05, 0) is 14.0 Å². The molecule has 5 nitrogen and oxygen atoms in total. The highest BCUT2D eigenvalue weighted by Gasteiger charge is 2.17. The Morgan fingerprint density at radius 3 is 2.69 bits per heavy atom. The van der Waals surface area contributed by atoms with Gasteiger partial charge in [-0.3, -0.25) is 14.6 Å². The van der Waals surface area contributed by atoms with Gasteiger partial charge in [0.25, 0.3) is 0 Å². The van der Waals surface area contributed by atoms with Crippen LogP contribution in [0.1, 0.15) is 23.0 Å².